The minimum Gasteiger partial charge on any atom is -0.306 e. The van der Waals surface area contributed by atoms with Gasteiger partial charge in [0.15, 0.2) is 0 Å². The monoisotopic (exact) mass is 243 g/mol. The van der Waals surface area contributed by atoms with Crippen molar-refractivity contribution in [2.75, 3.05) is 0 Å². The first-order valence-electron chi connectivity index (χ1n) is 6.35. The molecule has 0 aliphatic heterocycles. The van der Waals surface area contributed by atoms with Gasteiger partial charge in [0.2, 0.25) is 0 Å². The SMILES string of the molecule is Cc1ccc([C@@H](C)NCc2cnn(C)c2C)cc1. The smallest absolute Gasteiger partial charge is 0.0537 e. The molecule has 1 heterocycles. The standard InChI is InChI=1S/C15H21N3/c1-11-5-7-14(8-6-11)12(2)16-9-15-10-17-18(4)13(15)3/h5-8,10,12,16H,9H2,1-4H3/t12-/m1/s1. The molecule has 0 unspecified atom stereocenters. The fraction of sp³-hybridized carbons (Fsp3) is 0.400. The molecule has 3 heteroatoms. The minimum atomic E-state index is 0.352. The molecule has 2 rings (SSSR count). The minimum absolute atomic E-state index is 0.352. The molecule has 0 spiro atoms. The van der Waals surface area contributed by atoms with Crippen LogP contribution in [0.1, 0.15) is 35.3 Å². The highest BCUT2D eigenvalue weighted by atomic mass is 15.3. The summed E-state index contributed by atoms with van der Waals surface area (Å²) in [4.78, 5) is 0. The molecule has 0 fully saturated rings. The highest BCUT2D eigenvalue weighted by Gasteiger charge is 2.07. The molecule has 0 amide bonds. The number of hydrogen-bond donors (Lipinski definition) is 1. The molecule has 0 saturated carbocycles. The number of aromatic nitrogens is 2. The van der Waals surface area contributed by atoms with Gasteiger partial charge < -0.3 is 5.32 Å². The Morgan fingerprint density at radius 1 is 1.22 bits per heavy atom. The van der Waals surface area contributed by atoms with Crippen molar-refractivity contribution in [1.82, 2.24) is 15.1 Å². The summed E-state index contributed by atoms with van der Waals surface area (Å²) in [6, 6.07) is 9.03. The molecular weight excluding hydrogens is 222 g/mol. The van der Waals surface area contributed by atoms with Gasteiger partial charge in [0.25, 0.3) is 0 Å². The summed E-state index contributed by atoms with van der Waals surface area (Å²) < 4.78 is 1.91. The van der Waals surface area contributed by atoms with Crippen LogP contribution in [0.5, 0.6) is 0 Å². The predicted molar refractivity (Wildman–Crippen MR) is 74.4 cm³/mol. The first-order chi connectivity index (χ1) is 8.58. The Morgan fingerprint density at radius 3 is 2.44 bits per heavy atom. The third-order valence-corrected chi connectivity index (χ3v) is 3.51. The van der Waals surface area contributed by atoms with Gasteiger partial charge in [-0.25, -0.2) is 0 Å². The van der Waals surface area contributed by atoms with Gasteiger partial charge in [-0.15, -0.1) is 0 Å². The Kier molecular flexibility index (Phi) is 3.82. The van der Waals surface area contributed by atoms with E-state index < -0.39 is 0 Å². The van der Waals surface area contributed by atoms with E-state index in [1.807, 2.05) is 17.9 Å². The average molecular weight is 243 g/mol. The zero-order chi connectivity index (χ0) is 13.1. The summed E-state index contributed by atoms with van der Waals surface area (Å²) in [7, 11) is 1.97. The molecule has 18 heavy (non-hydrogen) atoms. The molecule has 0 aliphatic carbocycles. The van der Waals surface area contributed by atoms with Gasteiger partial charge in [0, 0.05) is 30.9 Å². The van der Waals surface area contributed by atoms with Crippen LogP contribution in [0.25, 0.3) is 0 Å². The van der Waals surface area contributed by atoms with Crippen LogP contribution in [-0.2, 0) is 13.6 Å². The van der Waals surface area contributed by atoms with Crippen molar-refractivity contribution in [1.29, 1.82) is 0 Å². The number of rotatable bonds is 4. The topological polar surface area (TPSA) is 29.9 Å². The number of hydrogen-bond acceptors (Lipinski definition) is 2. The summed E-state index contributed by atoms with van der Waals surface area (Å²) in [6.45, 7) is 7.26. The summed E-state index contributed by atoms with van der Waals surface area (Å²) in [6.07, 6.45) is 1.93. The maximum absolute atomic E-state index is 4.26. The van der Waals surface area contributed by atoms with Gasteiger partial charge in [-0.1, -0.05) is 29.8 Å². The lowest BCUT2D eigenvalue weighted by Gasteiger charge is -2.14. The second-order valence-corrected chi connectivity index (χ2v) is 4.89. The Labute approximate surface area is 109 Å². The van der Waals surface area contributed by atoms with E-state index in [1.54, 1.807) is 0 Å². The lowest BCUT2D eigenvalue weighted by molar-refractivity contribution is 0.572. The summed E-state index contributed by atoms with van der Waals surface area (Å²) in [5.74, 6) is 0. The van der Waals surface area contributed by atoms with E-state index >= 15 is 0 Å². The third-order valence-electron chi connectivity index (χ3n) is 3.51. The number of aryl methyl sites for hydroxylation is 2. The average Bonchev–Trinajstić information content (AvgIpc) is 2.68. The van der Waals surface area contributed by atoms with Crippen LogP contribution in [0.4, 0.5) is 0 Å². The van der Waals surface area contributed by atoms with Crippen LogP contribution in [0, 0.1) is 13.8 Å². The molecule has 0 radical (unpaired) electrons. The van der Waals surface area contributed by atoms with Gasteiger partial charge in [-0.2, -0.15) is 5.10 Å². The summed E-state index contributed by atoms with van der Waals surface area (Å²) >= 11 is 0. The van der Waals surface area contributed by atoms with Gasteiger partial charge >= 0.3 is 0 Å². The fourth-order valence-electron chi connectivity index (χ4n) is 1.95. The molecule has 1 aromatic heterocycles. The zero-order valence-corrected chi connectivity index (χ0v) is 11.6. The van der Waals surface area contributed by atoms with E-state index in [9.17, 15) is 0 Å². The maximum Gasteiger partial charge on any atom is 0.0537 e. The van der Waals surface area contributed by atoms with Crippen molar-refractivity contribution in [2.24, 2.45) is 7.05 Å². The van der Waals surface area contributed by atoms with Crippen molar-refractivity contribution in [3.8, 4) is 0 Å². The molecule has 2 aromatic rings. The van der Waals surface area contributed by atoms with E-state index in [2.05, 4.69) is 55.5 Å². The van der Waals surface area contributed by atoms with E-state index in [-0.39, 0.29) is 0 Å². The van der Waals surface area contributed by atoms with Crippen LogP contribution in [0.2, 0.25) is 0 Å². The van der Waals surface area contributed by atoms with Crippen molar-refractivity contribution < 1.29 is 0 Å². The largest absolute Gasteiger partial charge is 0.306 e. The van der Waals surface area contributed by atoms with Crippen LogP contribution in [-0.4, -0.2) is 9.78 Å². The second kappa shape index (κ2) is 5.36. The second-order valence-electron chi connectivity index (χ2n) is 4.89. The van der Waals surface area contributed by atoms with Crippen molar-refractivity contribution in [3.05, 3.63) is 52.8 Å². The van der Waals surface area contributed by atoms with E-state index in [1.165, 1.54) is 22.4 Å². The van der Waals surface area contributed by atoms with E-state index in [0.717, 1.165) is 6.54 Å². The van der Waals surface area contributed by atoms with Gasteiger partial charge in [0.05, 0.1) is 6.20 Å². The molecule has 0 saturated heterocycles. The Hall–Kier alpha value is -1.61. The van der Waals surface area contributed by atoms with Crippen LogP contribution >= 0.6 is 0 Å². The molecular formula is C15H21N3. The molecule has 3 nitrogen and oxygen atoms in total. The molecule has 1 atom stereocenters. The predicted octanol–water partition coefficient (Wildman–Crippen LogP) is 2.89. The number of benzene rings is 1. The highest BCUT2D eigenvalue weighted by Crippen LogP contribution is 2.14. The van der Waals surface area contributed by atoms with Gasteiger partial charge in [-0.3, -0.25) is 4.68 Å². The van der Waals surface area contributed by atoms with Crippen molar-refractivity contribution in [3.63, 3.8) is 0 Å². The Balaban J connectivity index is 1.98. The van der Waals surface area contributed by atoms with Crippen molar-refractivity contribution in [2.45, 2.75) is 33.4 Å². The first kappa shape index (κ1) is 12.8. The molecule has 0 aliphatic rings. The normalized spacial score (nSPS) is 12.7. The molecule has 1 aromatic carbocycles. The maximum atomic E-state index is 4.26. The lowest BCUT2D eigenvalue weighted by atomic mass is 10.1. The summed E-state index contributed by atoms with van der Waals surface area (Å²) in [5, 5.41) is 7.79. The van der Waals surface area contributed by atoms with Crippen LogP contribution in [0.3, 0.4) is 0 Å². The lowest BCUT2D eigenvalue weighted by Crippen LogP contribution is -2.18. The van der Waals surface area contributed by atoms with Crippen molar-refractivity contribution >= 4 is 0 Å². The summed E-state index contributed by atoms with van der Waals surface area (Å²) in [5.41, 5.74) is 5.10. The number of nitrogens with zero attached hydrogens (tertiary/aromatic N) is 2. The first-order valence-corrected chi connectivity index (χ1v) is 6.35. The third kappa shape index (κ3) is 2.79. The van der Waals surface area contributed by atoms with Gasteiger partial charge in [0.1, 0.15) is 0 Å². The molecule has 0 bridgehead atoms. The van der Waals surface area contributed by atoms with Crippen LogP contribution in [0.15, 0.2) is 30.5 Å². The number of nitrogens with one attached hydrogen (secondary N) is 1. The Bertz CT molecular complexity index is 511. The van der Waals surface area contributed by atoms with Crippen LogP contribution < -0.4 is 5.32 Å². The fourth-order valence-corrected chi connectivity index (χ4v) is 1.95. The van der Waals surface area contributed by atoms with E-state index in [4.69, 9.17) is 0 Å². The quantitative estimate of drug-likeness (QED) is 0.895. The molecule has 96 valence electrons. The zero-order valence-electron chi connectivity index (χ0n) is 11.6. The molecule has 1 N–H and O–H groups in total. The van der Waals surface area contributed by atoms with Gasteiger partial charge in [-0.05, 0) is 26.3 Å². The highest BCUT2D eigenvalue weighted by molar-refractivity contribution is 5.24. The Morgan fingerprint density at radius 2 is 1.89 bits per heavy atom. The van der Waals surface area contributed by atoms with E-state index in [0.29, 0.717) is 6.04 Å².